The minimum atomic E-state index is -4.50. The molecule has 0 aliphatic heterocycles. The van der Waals surface area contributed by atoms with Crippen molar-refractivity contribution in [3.8, 4) is 17.2 Å². The summed E-state index contributed by atoms with van der Waals surface area (Å²) in [5.41, 5.74) is -0.603. The van der Waals surface area contributed by atoms with E-state index in [9.17, 15) is 28.4 Å². The van der Waals surface area contributed by atoms with Gasteiger partial charge in [0.1, 0.15) is 11.5 Å². The third kappa shape index (κ3) is 6.31. The van der Waals surface area contributed by atoms with Crippen LogP contribution in [0.4, 0.5) is 5.69 Å². The molecule has 1 heterocycles. The number of carbonyl (C=O) groups excluding carboxylic acids is 1. The highest BCUT2D eigenvalue weighted by Gasteiger charge is 2.30. The molecule has 1 aliphatic rings. The lowest BCUT2D eigenvalue weighted by atomic mass is 9.80. The van der Waals surface area contributed by atoms with E-state index < -0.39 is 37.0 Å². The summed E-state index contributed by atoms with van der Waals surface area (Å²) in [5.74, 6) is -0.432. The number of aromatic amines is 1. The number of rotatable bonds is 9. The molecule has 1 amide bonds. The summed E-state index contributed by atoms with van der Waals surface area (Å²) in [6, 6.07) is 14.5. The van der Waals surface area contributed by atoms with Crippen LogP contribution in [0.25, 0.3) is 10.9 Å². The van der Waals surface area contributed by atoms with Gasteiger partial charge in [-0.15, -0.1) is 0 Å². The topological polar surface area (TPSA) is 174 Å². The number of nitrogens with zero attached hydrogens (tertiary/aromatic N) is 2. The Hall–Kier alpha value is -4.49. The van der Waals surface area contributed by atoms with Crippen LogP contribution >= 0.6 is 0 Å². The summed E-state index contributed by atoms with van der Waals surface area (Å²) in [6.45, 7) is 1.98. The van der Waals surface area contributed by atoms with Gasteiger partial charge in [0.05, 0.1) is 44.7 Å². The molecule has 4 aromatic rings. The second-order valence-corrected chi connectivity index (χ2v) is 11.9. The smallest absolute Gasteiger partial charge is 0.312 e. The number of nitro benzene ring substituents is 1. The van der Waals surface area contributed by atoms with E-state index in [-0.39, 0.29) is 29.6 Å². The Balaban J connectivity index is 1.32. The summed E-state index contributed by atoms with van der Waals surface area (Å²) in [7, 11) is -4.50. The quantitative estimate of drug-likeness (QED) is 0.187. The van der Waals surface area contributed by atoms with Gasteiger partial charge < -0.3 is 14.6 Å². The van der Waals surface area contributed by atoms with E-state index in [1.165, 1.54) is 18.2 Å². The summed E-state index contributed by atoms with van der Waals surface area (Å²) >= 11 is 0. The van der Waals surface area contributed by atoms with Gasteiger partial charge in [-0.25, -0.2) is 13.1 Å². The minimum Gasteiger partial charge on any atom is -0.487 e. The molecule has 0 spiro atoms. The van der Waals surface area contributed by atoms with E-state index in [2.05, 4.69) is 10.2 Å². The van der Waals surface area contributed by atoms with Crippen LogP contribution < -0.4 is 14.2 Å². The first-order valence-corrected chi connectivity index (χ1v) is 14.4. The van der Waals surface area contributed by atoms with Crippen LogP contribution in [0.15, 0.2) is 71.8 Å². The minimum absolute atomic E-state index is 0.0579. The molecule has 3 N–H and O–H groups in total. The SMILES string of the molecule is CC1(O)CCC(COc2ccc(S(=O)(=O)NC(=O)c3ccccc3Oc3cccc4[nH]ncc34)cc2[N+](=O)[O-])CC1. The third-order valence-electron chi connectivity index (χ3n) is 7.12. The average molecular weight is 581 g/mol. The molecular weight excluding hydrogens is 552 g/mol. The predicted octanol–water partition coefficient (Wildman–Crippen LogP) is 4.70. The highest BCUT2D eigenvalue weighted by molar-refractivity contribution is 7.90. The van der Waals surface area contributed by atoms with Crippen LogP contribution in [0.5, 0.6) is 17.2 Å². The zero-order valence-electron chi connectivity index (χ0n) is 22.1. The molecule has 5 rings (SSSR count). The molecule has 214 valence electrons. The van der Waals surface area contributed by atoms with Crippen molar-refractivity contribution in [3.05, 3.63) is 82.5 Å². The molecular formula is C28H28N4O8S. The van der Waals surface area contributed by atoms with Gasteiger partial charge in [-0.05, 0) is 74.9 Å². The number of sulfonamides is 1. The Morgan fingerprint density at radius 1 is 1.12 bits per heavy atom. The maximum absolute atomic E-state index is 13.1. The summed E-state index contributed by atoms with van der Waals surface area (Å²) in [5, 5.41) is 29.3. The normalized spacial score (nSPS) is 19.0. The van der Waals surface area contributed by atoms with Crippen molar-refractivity contribution in [3.63, 3.8) is 0 Å². The summed E-state index contributed by atoms with van der Waals surface area (Å²) < 4.78 is 39.8. The average Bonchev–Trinajstić information content (AvgIpc) is 3.42. The van der Waals surface area contributed by atoms with Crippen molar-refractivity contribution in [2.45, 2.75) is 43.1 Å². The maximum Gasteiger partial charge on any atom is 0.312 e. The van der Waals surface area contributed by atoms with Crippen LogP contribution in [0.3, 0.4) is 0 Å². The number of fused-ring (bicyclic) bond motifs is 1. The van der Waals surface area contributed by atoms with E-state index in [4.69, 9.17) is 9.47 Å². The van der Waals surface area contributed by atoms with Gasteiger partial charge in [0.2, 0.25) is 0 Å². The van der Waals surface area contributed by atoms with Gasteiger partial charge in [0.15, 0.2) is 5.75 Å². The van der Waals surface area contributed by atoms with Crippen molar-refractivity contribution in [2.75, 3.05) is 6.61 Å². The first-order chi connectivity index (χ1) is 19.5. The van der Waals surface area contributed by atoms with E-state index >= 15 is 0 Å². The monoisotopic (exact) mass is 580 g/mol. The fourth-order valence-corrected chi connectivity index (χ4v) is 5.72. The molecule has 41 heavy (non-hydrogen) atoms. The van der Waals surface area contributed by atoms with Gasteiger partial charge in [-0.1, -0.05) is 18.2 Å². The zero-order chi connectivity index (χ0) is 29.2. The van der Waals surface area contributed by atoms with Gasteiger partial charge >= 0.3 is 5.69 Å². The van der Waals surface area contributed by atoms with Crippen molar-refractivity contribution >= 4 is 32.5 Å². The molecule has 0 atom stereocenters. The van der Waals surface area contributed by atoms with E-state index in [1.54, 1.807) is 43.5 Å². The van der Waals surface area contributed by atoms with Gasteiger partial charge in [0, 0.05) is 6.07 Å². The molecule has 0 bridgehead atoms. The largest absolute Gasteiger partial charge is 0.487 e. The Morgan fingerprint density at radius 2 is 1.85 bits per heavy atom. The number of ether oxygens (including phenoxy) is 2. The van der Waals surface area contributed by atoms with Crippen molar-refractivity contribution in [2.24, 2.45) is 5.92 Å². The van der Waals surface area contributed by atoms with Gasteiger partial charge in [0.25, 0.3) is 15.9 Å². The lowest BCUT2D eigenvalue weighted by Gasteiger charge is -2.32. The third-order valence-corrected chi connectivity index (χ3v) is 8.45. The van der Waals surface area contributed by atoms with Gasteiger partial charge in [-0.3, -0.25) is 20.0 Å². The molecule has 1 saturated carbocycles. The molecule has 0 unspecified atom stereocenters. The number of nitro groups is 1. The number of hydrogen-bond donors (Lipinski definition) is 3. The van der Waals surface area contributed by atoms with E-state index in [0.29, 0.717) is 42.3 Å². The highest BCUT2D eigenvalue weighted by atomic mass is 32.2. The number of nitrogens with one attached hydrogen (secondary N) is 2. The first-order valence-electron chi connectivity index (χ1n) is 12.9. The maximum atomic E-state index is 13.1. The lowest BCUT2D eigenvalue weighted by Crippen LogP contribution is -2.32. The number of H-pyrrole nitrogens is 1. The van der Waals surface area contributed by atoms with Gasteiger partial charge in [-0.2, -0.15) is 5.10 Å². The first kappa shape index (κ1) is 28.1. The summed E-state index contributed by atoms with van der Waals surface area (Å²) in [6.07, 6.45) is 4.20. The molecule has 13 heteroatoms. The number of carbonyl (C=O) groups is 1. The van der Waals surface area contributed by atoms with Crippen LogP contribution in [0.1, 0.15) is 43.0 Å². The van der Waals surface area contributed by atoms with Crippen molar-refractivity contribution in [1.82, 2.24) is 14.9 Å². The lowest BCUT2D eigenvalue weighted by molar-refractivity contribution is -0.386. The molecule has 1 aromatic heterocycles. The molecule has 12 nitrogen and oxygen atoms in total. The number of aliphatic hydroxyl groups is 1. The molecule has 0 saturated heterocycles. The highest BCUT2D eigenvalue weighted by Crippen LogP contribution is 2.35. The molecule has 0 radical (unpaired) electrons. The molecule has 1 fully saturated rings. The fraction of sp³-hybridized carbons (Fsp3) is 0.286. The Labute approximate surface area is 235 Å². The number of amides is 1. The van der Waals surface area contributed by atoms with Crippen molar-refractivity contribution < 1.29 is 32.7 Å². The molecule has 3 aromatic carbocycles. The standard InChI is InChI=1S/C28H28N4O8S/c1-28(34)13-11-18(12-14-28)17-39-26-10-9-19(15-23(26)32(35)36)41(37,38)31-27(33)20-5-2-3-7-24(20)40-25-8-4-6-22-21(25)16-29-30-22/h2-10,15-16,18,34H,11-14,17H2,1H3,(H,29,30)(H,31,33). The number of para-hydroxylation sites is 1. The zero-order valence-corrected chi connectivity index (χ0v) is 22.9. The Bertz CT molecular complexity index is 1710. The number of hydrogen-bond acceptors (Lipinski definition) is 9. The van der Waals surface area contributed by atoms with Crippen LogP contribution in [0.2, 0.25) is 0 Å². The number of aromatic nitrogens is 2. The second-order valence-electron chi connectivity index (χ2n) is 10.3. The molecule has 1 aliphatic carbocycles. The number of benzene rings is 3. The van der Waals surface area contributed by atoms with Crippen LogP contribution in [-0.4, -0.2) is 46.8 Å². The summed E-state index contributed by atoms with van der Waals surface area (Å²) in [4.78, 5) is 23.7. The Morgan fingerprint density at radius 3 is 2.61 bits per heavy atom. The van der Waals surface area contributed by atoms with Crippen molar-refractivity contribution in [1.29, 1.82) is 0 Å². The fourth-order valence-electron chi connectivity index (χ4n) is 4.73. The predicted molar refractivity (Wildman–Crippen MR) is 148 cm³/mol. The van der Waals surface area contributed by atoms with Crippen LogP contribution in [0, 0.1) is 16.0 Å². The van der Waals surface area contributed by atoms with Crippen LogP contribution in [-0.2, 0) is 10.0 Å². The Kier molecular flexibility index (Phi) is 7.65. The van der Waals surface area contributed by atoms with E-state index in [1.807, 2.05) is 4.72 Å². The van der Waals surface area contributed by atoms with E-state index in [0.717, 1.165) is 12.1 Å². The second kappa shape index (κ2) is 11.2.